The summed E-state index contributed by atoms with van der Waals surface area (Å²) in [4.78, 5) is 12.8. The van der Waals surface area contributed by atoms with E-state index >= 15 is 0 Å². The van der Waals surface area contributed by atoms with E-state index in [4.69, 9.17) is 9.15 Å². The number of nitrogens with zero attached hydrogens (tertiary/aromatic N) is 3. The van der Waals surface area contributed by atoms with Crippen LogP contribution < -0.4 is 14.8 Å². The number of hydrogen-bond acceptors (Lipinski definition) is 9. The second kappa shape index (κ2) is 10.0. The molecule has 0 radical (unpaired) electrons. The highest BCUT2D eigenvalue weighted by Gasteiger charge is 2.24. The highest BCUT2D eigenvalue weighted by atomic mass is 32.2. The fraction of sp³-hybridized carbons (Fsp3) is 0.115. The third-order valence-corrected chi connectivity index (χ3v) is 7.92. The molecule has 188 valence electrons. The highest BCUT2D eigenvalue weighted by molar-refractivity contribution is 7.93. The number of aryl methyl sites for hydroxylation is 1. The fourth-order valence-corrected chi connectivity index (χ4v) is 6.02. The second-order valence-electron chi connectivity index (χ2n) is 7.97. The van der Waals surface area contributed by atoms with Crippen LogP contribution in [0.15, 0.2) is 82.9 Å². The molecular formula is C26H23N5O4S2. The van der Waals surface area contributed by atoms with E-state index in [1.54, 1.807) is 6.20 Å². The number of sulfonamides is 1. The molecule has 0 aliphatic heterocycles. The van der Waals surface area contributed by atoms with Gasteiger partial charge in [0.25, 0.3) is 10.0 Å². The van der Waals surface area contributed by atoms with Crippen molar-refractivity contribution < 1.29 is 17.6 Å². The van der Waals surface area contributed by atoms with Crippen LogP contribution in [0.4, 0.5) is 10.8 Å². The quantitative estimate of drug-likeness (QED) is 0.244. The Bertz CT molecular complexity index is 1690. The van der Waals surface area contributed by atoms with Crippen molar-refractivity contribution in [2.45, 2.75) is 18.2 Å². The minimum absolute atomic E-state index is 0.0542. The minimum atomic E-state index is -4.08. The molecule has 0 saturated heterocycles. The van der Waals surface area contributed by atoms with Gasteiger partial charge >= 0.3 is 0 Å². The number of thiazole rings is 1. The number of ether oxygens (including phenoxy) is 1. The first kappa shape index (κ1) is 24.5. The van der Waals surface area contributed by atoms with Gasteiger partial charge in [-0.3, -0.25) is 4.72 Å². The molecule has 3 heterocycles. The Morgan fingerprint density at radius 2 is 1.92 bits per heavy atom. The van der Waals surface area contributed by atoms with Crippen molar-refractivity contribution in [2.75, 3.05) is 17.1 Å². The highest BCUT2D eigenvalue weighted by Crippen LogP contribution is 2.32. The molecule has 3 aromatic heterocycles. The van der Waals surface area contributed by atoms with Crippen LogP contribution in [0.2, 0.25) is 0 Å². The number of para-hydroxylation sites is 1. The summed E-state index contributed by atoms with van der Waals surface area (Å²) in [6.07, 6.45) is 3.83. The van der Waals surface area contributed by atoms with Crippen LogP contribution in [-0.2, 0) is 16.4 Å². The first-order chi connectivity index (χ1) is 17.9. The zero-order valence-electron chi connectivity index (χ0n) is 20.1. The van der Waals surface area contributed by atoms with Gasteiger partial charge in [0.15, 0.2) is 15.8 Å². The van der Waals surface area contributed by atoms with Crippen molar-refractivity contribution in [1.82, 2.24) is 15.0 Å². The van der Waals surface area contributed by atoms with Crippen molar-refractivity contribution in [3.05, 3.63) is 85.0 Å². The molecule has 9 nitrogen and oxygen atoms in total. The topological polar surface area (TPSA) is 119 Å². The Labute approximate surface area is 217 Å². The molecule has 0 bridgehead atoms. The molecule has 0 unspecified atom stereocenters. The molecule has 0 spiro atoms. The number of methoxy groups -OCH3 is 1. The Morgan fingerprint density at radius 3 is 2.68 bits per heavy atom. The number of pyridine rings is 1. The third-order valence-electron chi connectivity index (χ3n) is 5.52. The largest absolute Gasteiger partial charge is 0.480 e. The van der Waals surface area contributed by atoms with Crippen LogP contribution in [0.1, 0.15) is 18.4 Å². The molecule has 2 aromatic carbocycles. The molecule has 5 aromatic rings. The average molecular weight is 534 g/mol. The minimum Gasteiger partial charge on any atom is -0.480 e. The molecule has 11 heteroatoms. The van der Waals surface area contributed by atoms with Crippen LogP contribution in [0.3, 0.4) is 0 Å². The van der Waals surface area contributed by atoms with E-state index < -0.39 is 10.0 Å². The van der Waals surface area contributed by atoms with Gasteiger partial charge in [-0.15, -0.1) is 0 Å². The predicted molar refractivity (Wildman–Crippen MR) is 145 cm³/mol. The molecule has 5 rings (SSSR count). The molecule has 0 aliphatic carbocycles. The van der Waals surface area contributed by atoms with Gasteiger partial charge in [-0.1, -0.05) is 67.3 Å². The van der Waals surface area contributed by atoms with Gasteiger partial charge in [-0.05, 0) is 24.1 Å². The summed E-state index contributed by atoms with van der Waals surface area (Å²) < 4.78 is 41.2. The van der Waals surface area contributed by atoms with Gasteiger partial charge < -0.3 is 14.5 Å². The lowest BCUT2D eigenvalue weighted by molar-refractivity contribution is 0.385. The lowest BCUT2D eigenvalue weighted by atomic mass is 10.1. The van der Waals surface area contributed by atoms with E-state index in [1.165, 1.54) is 30.7 Å². The standard InChI is InChI=1S/C26H23N5O4S2/c1-4-17-11-8-12-21-23(17)30-26(36-21)31-37(32,33)22-13-19(14-27-25(22)34-3)29-16(2)24-28-15-20(35-24)18-9-6-5-7-10-18/h5-15,29H,2,4H2,1,3H3,(H,30,31). The second-order valence-corrected chi connectivity index (χ2v) is 10.7. The van der Waals surface area contributed by atoms with Crippen LogP contribution in [0.25, 0.3) is 27.2 Å². The van der Waals surface area contributed by atoms with Crippen molar-refractivity contribution in [3.63, 3.8) is 0 Å². The smallest absolute Gasteiger partial charge is 0.269 e. The van der Waals surface area contributed by atoms with Crippen LogP contribution in [-0.4, -0.2) is 30.5 Å². The molecular weight excluding hydrogens is 510 g/mol. The lowest BCUT2D eigenvalue weighted by Crippen LogP contribution is -2.15. The molecule has 0 amide bonds. The van der Waals surface area contributed by atoms with Gasteiger partial charge in [-0.25, -0.2) is 23.4 Å². The van der Waals surface area contributed by atoms with Crippen molar-refractivity contribution in [1.29, 1.82) is 0 Å². The van der Waals surface area contributed by atoms with Gasteiger partial charge in [0.1, 0.15) is 0 Å². The molecule has 0 atom stereocenters. The molecule has 2 N–H and O–H groups in total. The lowest BCUT2D eigenvalue weighted by Gasteiger charge is -2.12. The molecule has 0 saturated carbocycles. The zero-order valence-corrected chi connectivity index (χ0v) is 21.7. The van der Waals surface area contributed by atoms with Gasteiger partial charge in [0, 0.05) is 5.56 Å². The number of benzene rings is 2. The Kier molecular flexibility index (Phi) is 6.64. The SMILES string of the molecule is C=C(Nc1cnc(OC)c(S(=O)(=O)Nc2nc3c(CC)cccc3s2)c1)c1ncc(-c2ccccc2)o1. The molecule has 0 fully saturated rings. The summed E-state index contributed by atoms with van der Waals surface area (Å²) >= 11 is 1.26. The number of rotatable bonds is 9. The maximum Gasteiger partial charge on any atom is 0.269 e. The van der Waals surface area contributed by atoms with E-state index in [0.29, 0.717) is 17.1 Å². The summed E-state index contributed by atoms with van der Waals surface area (Å²) in [5.74, 6) is 0.792. The van der Waals surface area contributed by atoms with E-state index in [9.17, 15) is 8.42 Å². The number of anilines is 2. The van der Waals surface area contributed by atoms with Crippen LogP contribution in [0.5, 0.6) is 5.88 Å². The van der Waals surface area contributed by atoms with Crippen LogP contribution in [0, 0.1) is 0 Å². The van der Waals surface area contributed by atoms with E-state index in [1.807, 2.05) is 55.5 Å². The Balaban J connectivity index is 1.40. The first-order valence-electron chi connectivity index (χ1n) is 11.3. The molecule has 0 aliphatic rings. The Morgan fingerprint density at radius 1 is 1.11 bits per heavy atom. The van der Waals surface area contributed by atoms with Crippen molar-refractivity contribution in [3.8, 4) is 17.2 Å². The Hall–Kier alpha value is -4.22. The van der Waals surface area contributed by atoms with Crippen LogP contribution >= 0.6 is 11.3 Å². The molecule has 37 heavy (non-hydrogen) atoms. The summed E-state index contributed by atoms with van der Waals surface area (Å²) in [5, 5.41) is 3.27. The van der Waals surface area contributed by atoms with Crippen molar-refractivity contribution >= 4 is 48.1 Å². The van der Waals surface area contributed by atoms with E-state index in [-0.39, 0.29) is 21.8 Å². The maximum atomic E-state index is 13.3. The fourth-order valence-electron chi connectivity index (χ4n) is 3.73. The number of aromatic nitrogens is 3. The third kappa shape index (κ3) is 5.04. The van der Waals surface area contributed by atoms with E-state index in [0.717, 1.165) is 27.8 Å². The van der Waals surface area contributed by atoms with Gasteiger partial charge in [0.2, 0.25) is 11.8 Å². The number of hydrogen-bond donors (Lipinski definition) is 2. The van der Waals surface area contributed by atoms with Crippen molar-refractivity contribution in [2.24, 2.45) is 0 Å². The zero-order chi connectivity index (χ0) is 26.0. The maximum absolute atomic E-state index is 13.3. The predicted octanol–water partition coefficient (Wildman–Crippen LogP) is 5.80. The monoisotopic (exact) mass is 533 g/mol. The summed E-state index contributed by atoms with van der Waals surface area (Å²) in [7, 11) is -2.72. The summed E-state index contributed by atoms with van der Waals surface area (Å²) in [6.45, 7) is 6.00. The first-order valence-corrected chi connectivity index (χ1v) is 13.6. The number of nitrogens with one attached hydrogen (secondary N) is 2. The summed E-state index contributed by atoms with van der Waals surface area (Å²) in [5.41, 5.74) is 3.41. The van der Waals surface area contributed by atoms with E-state index in [2.05, 4.69) is 31.6 Å². The summed E-state index contributed by atoms with van der Waals surface area (Å²) in [6, 6.07) is 16.8. The van der Waals surface area contributed by atoms with Gasteiger partial charge in [-0.2, -0.15) is 0 Å². The number of fused-ring (bicyclic) bond motifs is 1. The van der Waals surface area contributed by atoms with Gasteiger partial charge in [0.05, 0.1) is 41.1 Å². The number of oxazole rings is 1. The normalized spacial score (nSPS) is 11.4. The average Bonchev–Trinajstić information content (AvgIpc) is 3.56.